The van der Waals surface area contributed by atoms with Crippen molar-refractivity contribution in [2.75, 3.05) is 12.9 Å². The Morgan fingerprint density at radius 2 is 1.80 bits per heavy atom. The number of hydrogen-bond acceptors (Lipinski definition) is 4. The minimum Gasteiger partial charge on any atom is -0.497 e. The minimum absolute atomic E-state index is 0.00935. The number of hydrogen-bond donors (Lipinski definition) is 1. The number of nitrogens with zero attached hydrogens (tertiary/aromatic N) is 1. The molecule has 0 aliphatic carbocycles. The van der Waals surface area contributed by atoms with Gasteiger partial charge in [0.15, 0.2) is 0 Å². The van der Waals surface area contributed by atoms with Gasteiger partial charge in [-0.2, -0.15) is 0 Å². The summed E-state index contributed by atoms with van der Waals surface area (Å²) in [5.41, 5.74) is 2.00. The van der Waals surface area contributed by atoms with Crippen LogP contribution in [0.15, 0.2) is 48.5 Å². The van der Waals surface area contributed by atoms with Gasteiger partial charge < -0.3 is 15.0 Å². The SMILES string of the molecule is COc1ccc(CN(C(=O)CSCc2cccc(Cl)c2)C(C)C(=O)NC(C)C)cc1. The fourth-order valence-corrected chi connectivity index (χ4v) is 3.95. The van der Waals surface area contributed by atoms with E-state index in [-0.39, 0.29) is 23.6 Å². The van der Waals surface area contributed by atoms with E-state index in [2.05, 4.69) is 5.32 Å². The second-order valence-corrected chi connectivity index (χ2v) is 8.75. The van der Waals surface area contributed by atoms with Crippen molar-refractivity contribution < 1.29 is 14.3 Å². The lowest BCUT2D eigenvalue weighted by Crippen LogP contribution is -2.49. The lowest BCUT2D eigenvalue weighted by molar-refractivity contribution is -0.138. The quantitative estimate of drug-likeness (QED) is 0.580. The number of methoxy groups -OCH3 is 1. The summed E-state index contributed by atoms with van der Waals surface area (Å²) in [5, 5.41) is 3.58. The number of amides is 2. The molecule has 2 amide bonds. The van der Waals surface area contributed by atoms with E-state index in [9.17, 15) is 9.59 Å². The van der Waals surface area contributed by atoms with E-state index in [1.807, 2.05) is 62.4 Å². The van der Waals surface area contributed by atoms with E-state index in [1.54, 1.807) is 18.9 Å². The van der Waals surface area contributed by atoms with Crippen molar-refractivity contribution in [3.8, 4) is 5.75 Å². The standard InChI is InChI=1S/C23H29ClN2O3S/c1-16(2)25-23(28)17(3)26(13-18-8-10-21(29-4)11-9-18)22(27)15-30-14-19-6-5-7-20(24)12-19/h5-12,16-17H,13-15H2,1-4H3,(H,25,28). The summed E-state index contributed by atoms with van der Waals surface area (Å²) in [6.45, 7) is 5.93. The minimum atomic E-state index is -0.575. The van der Waals surface area contributed by atoms with E-state index in [1.165, 1.54) is 11.8 Å². The van der Waals surface area contributed by atoms with Crippen molar-refractivity contribution in [3.05, 3.63) is 64.7 Å². The average Bonchev–Trinajstić information content (AvgIpc) is 2.71. The molecule has 1 atom stereocenters. The molecule has 1 unspecified atom stereocenters. The summed E-state index contributed by atoms with van der Waals surface area (Å²) in [4.78, 5) is 27.2. The van der Waals surface area contributed by atoms with Crippen LogP contribution in [0.2, 0.25) is 5.02 Å². The molecule has 5 nitrogen and oxygen atoms in total. The third-order valence-electron chi connectivity index (χ3n) is 4.49. The van der Waals surface area contributed by atoms with Gasteiger partial charge >= 0.3 is 0 Å². The fourth-order valence-electron chi connectivity index (χ4n) is 2.88. The first kappa shape index (κ1) is 24.1. The predicted molar refractivity (Wildman–Crippen MR) is 124 cm³/mol. The highest BCUT2D eigenvalue weighted by atomic mass is 35.5. The van der Waals surface area contributed by atoms with Crippen molar-refractivity contribution in [3.63, 3.8) is 0 Å². The van der Waals surface area contributed by atoms with Crippen LogP contribution in [0.1, 0.15) is 31.9 Å². The third kappa shape index (κ3) is 7.58. The maximum Gasteiger partial charge on any atom is 0.242 e. The molecule has 0 aliphatic heterocycles. The van der Waals surface area contributed by atoms with Crippen LogP contribution in [0.3, 0.4) is 0 Å². The molecule has 162 valence electrons. The van der Waals surface area contributed by atoms with Crippen LogP contribution in [-0.4, -0.2) is 41.7 Å². The zero-order valence-corrected chi connectivity index (χ0v) is 19.4. The van der Waals surface area contributed by atoms with Crippen molar-refractivity contribution in [1.82, 2.24) is 10.2 Å². The first-order valence-electron chi connectivity index (χ1n) is 9.85. The highest BCUT2D eigenvalue weighted by Crippen LogP contribution is 2.19. The molecule has 0 spiro atoms. The highest BCUT2D eigenvalue weighted by molar-refractivity contribution is 7.99. The molecule has 7 heteroatoms. The first-order valence-corrected chi connectivity index (χ1v) is 11.4. The van der Waals surface area contributed by atoms with Gasteiger partial charge in [0.05, 0.1) is 12.9 Å². The Morgan fingerprint density at radius 1 is 1.10 bits per heavy atom. The number of ether oxygens (including phenoxy) is 1. The van der Waals surface area contributed by atoms with E-state index in [0.29, 0.717) is 17.3 Å². The van der Waals surface area contributed by atoms with Crippen molar-refractivity contribution in [2.45, 2.75) is 45.2 Å². The highest BCUT2D eigenvalue weighted by Gasteiger charge is 2.26. The molecule has 0 aromatic heterocycles. The molecule has 1 N–H and O–H groups in total. The van der Waals surface area contributed by atoms with Crippen molar-refractivity contribution in [1.29, 1.82) is 0 Å². The normalized spacial score (nSPS) is 11.8. The first-order chi connectivity index (χ1) is 14.3. The zero-order chi connectivity index (χ0) is 22.1. The van der Waals surface area contributed by atoms with Crippen molar-refractivity contribution in [2.24, 2.45) is 0 Å². The summed E-state index contributed by atoms with van der Waals surface area (Å²) >= 11 is 7.54. The smallest absolute Gasteiger partial charge is 0.242 e. The monoisotopic (exact) mass is 448 g/mol. The summed E-state index contributed by atoms with van der Waals surface area (Å²) in [6.07, 6.45) is 0. The van der Waals surface area contributed by atoms with Crippen LogP contribution in [0.5, 0.6) is 5.75 Å². The van der Waals surface area contributed by atoms with Crippen LogP contribution < -0.4 is 10.1 Å². The molecule has 2 rings (SSSR count). The van der Waals surface area contributed by atoms with Gasteiger partial charge in [-0.3, -0.25) is 9.59 Å². The third-order valence-corrected chi connectivity index (χ3v) is 5.72. The van der Waals surface area contributed by atoms with Gasteiger partial charge in [0.25, 0.3) is 0 Å². The lowest BCUT2D eigenvalue weighted by atomic mass is 10.1. The van der Waals surface area contributed by atoms with Gasteiger partial charge in [-0.1, -0.05) is 35.9 Å². The molecular weight excluding hydrogens is 420 g/mol. The van der Waals surface area contributed by atoms with Gasteiger partial charge in [0, 0.05) is 23.4 Å². The molecule has 0 aliphatic rings. The van der Waals surface area contributed by atoms with E-state index in [0.717, 1.165) is 16.9 Å². The van der Waals surface area contributed by atoms with Crippen LogP contribution in [0.25, 0.3) is 0 Å². The molecular formula is C23H29ClN2O3S. The summed E-state index contributed by atoms with van der Waals surface area (Å²) in [6, 6.07) is 14.6. The maximum absolute atomic E-state index is 13.0. The van der Waals surface area contributed by atoms with Gasteiger partial charge in [-0.25, -0.2) is 0 Å². The molecule has 2 aromatic carbocycles. The van der Waals surface area contributed by atoms with Crippen molar-refractivity contribution >= 4 is 35.2 Å². The lowest BCUT2D eigenvalue weighted by Gasteiger charge is -2.29. The maximum atomic E-state index is 13.0. The summed E-state index contributed by atoms with van der Waals surface area (Å²) in [5.74, 6) is 1.47. The van der Waals surface area contributed by atoms with E-state index >= 15 is 0 Å². The Labute approximate surface area is 188 Å². The summed E-state index contributed by atoms with van der Waals surface area (Å²) in [7, 11) is 1.61. The number of rotatable bonds is 10. The molecule has 0 saturated carbocycles. The van der Waals surface area contributed by atoms with E-state index in [4.69, 9.17) is 16.3 Å². The molecule has 0 radical (unpaired) electrons. The van der Waals surface area contributed by atoms with Gasteiger partial charge in [-0.05, 0) is 56.2 Å². The largest absolute Gasteiger partial charge is 0.497 e. The second-order valence-electron chi connectivity index (χ2n) is 7.33. The predicted octanol–water partition coefficient (Wildman–Crippen LogP) is 4.52. The van der Waals surface area contributed by atoms with Crippen LogP contribution >= 0.6 is 23.4 Å². The fraction of sp³-hybridized carbons (Fsp3) is 0.391. The number of halogens is 1. The zero-order valence-electron chi connectivity index (χ0n) is 17.9. The number of benzene rings is 2. The van der Waals surface area contributed by atoms with E-state index < -0.39 is 6.04 Å². The Morgan fingerprint density at radius 3 is 2.40 bits per heavy atom. The molecule has 30 heavy (non-hydrogen) atoms. The molecule has 0 saturated heterocycles. The number of nitrogens with one attached hydrogen (secondary N) is 1. The molecule has 0 heterocycles. The van der Waals surface area contributed by atoms with Crippen LogP contribution in [0, 0.1) is 0 Å². The Bertz CT molecular complexity index is 843. The van der Waals surface area contributed by atoms with Gasteiger partial charge in [0.1, 0.15) is 11.8 Å². The molecule has 0 fully saturated rings. The Kier molecular flexibility index (Phi) is 9.53. The Balaban J connectivity index is 2.07. The van der Waals surface area contributed by atoms with Gasteiger partial charge in [-0.15, -0.1) is 11.8 Å². The number of carbonyl (C=O) groups excluding carboxylic acids is 2. The number of thioether (sulfide) groups is 1. The number of carbonyl (C=O) groups is 2. The van der Waals surface area contributed by atoms with Gasteiger partial charge in [0.2, 0.25) is 11.8 Å². The Hall–Kier alpha value is -2.18. The topological polar surface area (TPSA) is 58.6 Å². The average molecular weight is 449 g/mol. The van der Waals surface area contributed by atoms with Crippen LogP contribution in [0.4, 0.5) is 0 Å². The summed E-state index contributed by atoms with van der Waals surface area (Å²) < 4.78 is 5.20. The van der Waals surface area contributed by atoms with Crippen LogP contribution in [-0.2, 0) is 21.9 Å². The second kappa shape index (κ2) is 11.9. The molecule has 2 aromatic rings. The molecule has 0 bridgehead atoms.